The number of hydrogen-bond acceptors (Lipinski definition) is 4. The maximum absolute atomic E-state index is 6.00. The van der Waals surface area contributed by atoms with Crippen LogP contribution in [-0.2, 0) is 7.05 Å². The van der Waals surface area contributed by atoms with Crippen molar-refractivity contribution < 1.29 is 0 Å². The minimum absolute atomic E-state index is 0.277. The van der Waals surface area contributed by atoms with Crippen LogP contribution < -0.4 is 5.73 Å². The van der Waals surface area contributed by atoms with Gasteiger partial charge in [-0.05, 0) is 39.9 Å². The summed E-state index contributed by atoms with van der Waals surface area (Å²) in [5.74, 6) is 0.765. The normalized spacial score (nSPS) is 22.3. The van der Waals surface area contributed by atoms with E-state index >= 15 is 0 Å². The van der Waals surface area contributed by atoms with E-state index in [4.69, 9.17) is 5.73 Å². The number of aryl methyl sites for hydroxylation is 2. The van der Waals surface area contributed by atoms with E-state index in [0.717, 1.165) is 18.2 Å². The Morgan fingerprint density at radius 2 is 2.26 bits per heavy atom. The Bertz CT molecular complexity index is 414. The summed E-state index contributed by atoms with van der Waals surface area (Å²) in [7, 11) is 6.35. The summed E-state index contributed by atoms with van der Waals surface area (Å²) < 4.78 is 1.88. The molecule has 5 nitrogen and oxygen atoms in total. The van der Waals surface area contributed by atoms with Crippen molar-refractivity contribution in [1.82, 2.24) is 19.6 Å². The summed E-state index contributed by atoms with van der Waals surface area (Å²) in [6.07, 6.45) is 3.40. The molecule has 2 N–H and O–H groups in total. The molecule has 2 rings (SSSR count). The standard InChI is InChI=1S/C14H27N5/c1-11-13(10-19(4)16-11)14(7-15)18(3)9-12-5-6-17(2)8-12/h10,12,14H,5-9,15H2,1-4H3. The minimum atomic E-state index is 0.277. The Hall–Kier alpha value is -0.910. The minimum Gasteiger partial charge on any atom is -0.329 e. The van der Waals surface area contributed by atoms with Crippen molar-refractivity contribution in [3.8, 4) is 0 Å². The number of aromatic nitrogens is 2. The van der Waals surface area contributed by atoms with Crippen LogP contribution in [0.15, 0.2) is 6.20 Å². The van der Waals surface area contributed by atoms with Crippen LogP contribution >= 0.6 is 0 Å². The molecular formula is C14H27N5. The molecule has 0 aliphatic carbocycles. The lowest BCUT2D eigenvalue weighted by atomic mass is 10.0. The van der Waals surface area contributed by atoms with Crippen LogP contribution in [0.5, 0.6) is 0 Å². The number of likely N-dealkylation sites (tertiary alicyclic amines) is 1. The summed E-state index contributed by atoms with van der Waals surface area (Å²) in [4.78, 5) is 4.80. The van der Waals surface area contributed by atoms with E-state index in [1.165, 1.54) is 25.1 Å². The number of hydrogen-bond donors (Lipinski definition) is 1. The van der Waals surface area contributed by atoms with E-state index in [-0.39, 0.29) is 6.04 Å². The molecule has 0 radical (unpaired) electrons. The van der Waals surface area contributed by atoms with Gasteiger partial charge in [-0.25, -0.2) is 0 Å². The van der Waals surface area contributed by atoms with E-state index in [0.29, 0.717) is 6.54 Å². The Kier molecular flexibility index (Phi) is 4.60. The highest BCUT2D eigenvalue weighted by Crippen LogP contribution is 2.24. The Balaban J connectivity index is 2.02. The highest BCUT2D eigenvalue weighted by Gasteiger charge is 2.25. The van der Waals surface area contributed by atoms with Crippen molar-refractivity contribution in [3.63, 3.8) is 0 Å². The van der Waals surface area contributed by atoms with E-state index in [2.05, 4.69) is 42.1 Å². The molecule has 0 bridgehead atoms. The average molecular weight is 265 g/mol. The van der Waals surface area contributed by atoms with Gasteiger partial charge in [-0.15, -0.1) is 0 Å². The molecule has 1 aliphatic rings. The predicted molar refractivity (Wildman–Crippen MR) is 78.0 cm³/mol. The zero-order chi connectivity index (χ0) is 14.0. The van der Waals surface area contributed by atoms with Crippen LogP contribution in [0.2, 0.25) is 0 Å². The van der Waals surface area contributed by atoms with Gasteiger partial charge in [0.2, 0.25) is 0 Å². The molecule has 0 spiro atoms. The molecule has 1 aliphatic heterocycles. The second-order valence-corrected chi connectivity index (χ2v) is 5.95. The van der Waals surface area contributed by atoms with Crippen molar-refractivity contribution in [1.29, 1.82) is 0 Å². The molecule has 0 aromatic carbocycles. The third-order valence-electron chi connectivity index (χ3n) is 4.20. The number of nitrogens with zero attached hydrogens (tertiary/aromatic N) is 4. The lowest BCUT2D eigenvalue weighted by Gasteiger charge is -2.29. The lowest BCUT2D eigenvalue weighted by Crippen LogP contribution is -2.35. The highest BCUT2D eigenvalue weighted by atomic mass is 15.3. The molecular weight excluding hydrogens is 238 g/mol. The van der Waals surface area contributed by atoms with E-state index in [9.17, 15) is 0 Å². The molecule has 1 aromatic heterocycles. The maximum atomic E-state index is 6.00. The zero-order valence-electron chi connectivity index (χ0n) is 12.6. The second-order valence-electron chi connectivity index (χ2n) is 5.95. The van der Waals surface area contributed by atoms with Gasteiger partial charge in [-0.2, -0.15) is 5.10 Å². The predicted octanol–water partition coefficient (Wildman–Crippen LogP) is 0.612. The molecule has 5 heteroatoms. The van der Waals surface area contributed by atoms with Crippen molar-refractivity contribution in [2.45, 2.75) is 19.4 Å². The lowest BCUT2D eigenvalue weighted by molar-refractivity contribution is 0.211. The van der Waals surface area contributed by atoms with Gasteiger partial charge >= 0.3 is 0 Å². The first-order valence-corrected chi connectivity index (χ1v) is 7.10. The molecule has 2 unspecified atom stereocenters. The van der Waals surface area contributed by atoms with Crippen LogP contribution in [0.3, 0.4) is 0 Å². The van der Waals surface area contributed by atoms with Gasteiger partial charge < -0.3 is 10.6 Å². The molecule has 0 saturated carbocycles. The summed E-state index contributed by atoms with van der Waals surface area (Å²) >= 11 is 0. The molecule has 1 aromatic rings. The first-order valence-electron chi connectivity index (χ1n) is 7.10. The Labute approximate surface area is 116 Å². The summed E-state index contributed by atoms with van der Waals surface area (Å²) in [6.45, 7) is 6.24. The fourth-order valence-electron chi connectivity index (χ4n) is 3.20. The molecule has 0 amide bonds. The second kappa shape index (κ2) is 6.03. The molecule has 2 heterocycles. The van der Waals surface area contributed by atoms with Gasteiger partial charge in [0.15, 0.2) is 0 Å². The SMILES string of the molecule is Cc1nn(C)cc1C(CN)N(C)CC1CCN(C)C1. The summed E-state index contributed by atoms with van der Waals surface area (Å²) in [5, 5.41) is 4.43. The quantitative estimate of drug-likeness (QED) is 0.847. The average Bonchev–Trinajstić information content (AvgIpc) is 2.87. The first kappa shape index (κ1) is 14.5. The zero-order valence-corrected chi connectivity index (χ0v) is 12.6. The topological polar surface area (TPSA) is 50.3 Å². The molecule has 1 fully saturated rings. The first-order chi connectivity index (χ1) is 9.01. The Morgan fingerprint density at radius 1 is 1.53 bits per heavy atom. The van der Waals surface area contributed by atoms with Crippen LogP contribution in [0.4, 0.5) is 0 Å². The smallest absolute Gasteiger partial charge is 0.0641 e. The largest absolute Gasteiger partial charge is 0.329 e. The fraction of sp³-hybridized carbons (Fsp3) is 0.786. The van der Waals surface area contributed by atoms with Gasteiger partial charge in [0.25, 0.3) is 0 Å². The highest BCUT2D eigenvalue weighted by molar-refractivity contribution is 5.20. The van der Waals surface area contributed by atoms with Crippen LogP contribution in [0.1, 0.15) is 23.7 Å². The van der Waals surface area contributed by atoms with Crippen LogP contribution in [0, 0.1) is 12.8 Å². The molecule has 108 valence electrons. The van der Waals surface area contributed by atoms with Crippen molar-refractivity contribution in [2.24, 2.45) is 18.7 Å². The van der Waals surface area contributed by atoms with Gasteiger partial charge in [0, 0.05) is 38.4 Å². The van der Waals surface area contributed by atoms with Gasteiger partial charge in [-0.1, -0.05) is 0 Å². The number of rotatable bonds is 5. The molecule has 2 atom stereocenters. The van der Waals surface area contributed by atoms with E-state index in [1.807, 2.05) is 11.7 Å². The van der Waals surface area contributed by atoms with Gasteiger partial charge in [0.05, 0.1) is 11.7 Å². The monoisotopic (exact) mass is 265 g/mol. The number of likely N-dealkylation sites (N-methyl/N-ethyl adjacent to an activating group) is 1. The third kappa shape index (κ3) is 3.35. The van der Waals surface area contributed by atoms with Crippen LogP contribution in [0.25, 0.3) is 0 Å². The molecule has 19 heavy (non-hydrogen) atoms. The van der Waals surface area contributed by atoms with E-state index in [1.54, 1.807) is 0 Å². The van der Waals surface area contributed by atoms with Gasteiger partial charge in [0.1, 0.15) is 0 Å². The number of nitrogens with two attached hydrogens (primary N) is 1. The summed E-state index contributed by atoms with van der Waals surface area (Å²) in [5.41, 5.74) is 8.35. The van der Waals surface area contributed by atoms with E-state index < -0.39 is 0 Å². The van der Waals surface area contributed by atoms with Gasteiger partial charge in [-0.3, -0.25) is 9.58 Å². The fourth-order valence-corrected chi connectivity index (χ4v) is 3.20. The third-order valence-corrected chi connectivity index (χ3v) is 4.20. The summed E-state index contributed by atoms with van der Waals surface area (Å²) in [6, 6.07) is 0.277. The van der Waals surface area contributed by atoms with Crippen molar-refractivity contribution in [3.05, 3.63) is 17.5 Å². The molecule has 1 saturated heterocycles. The van der Waals surface area contributed by atoms with Crippen molar-refractivity contribution >= 4 is 0 Å². The Morgan fingerprint density at radius 3 is 2.74 bits per heavy atom. The maximum Gasteiger partial charge on any atom is 0.0641 e. The van der Waals surface area contributed by atoms with Crippen LogP contribution in [-0.4, -0.2) is 59.9 Å². The van der Waals surface area contributed by atoms with Crippen molar-refractivity contribution in [2.75, 3.05) is 40.3 Å².